The minimum Gasteiger partial charge on any atom is -0.380 e. The van der Waals surface area contributed by atoms with Crippen molar-refractivity contribution in [3.63, 3.8) is 0 Å². The van der Waals surface area contributed by atoms with Gasteiger partial charge in [0, 0.05) is 16.8 Å². The molecule has 1 aromatic heterocycles. The van der Waals surface area contributed by atoms with Crippen molar-refractivity contribution in [1.29, 1.82) is 0 Å². The largest absolute Gasteiger partial charge is 0.380 e. The van der Waals surface area contributed by atoms with Gasteiger partial charge in [0.2, 0.25) is 0 Å². The van der Waals surface area contributed by atoms with Crippen LogP contribution < -0.4 is 5.32 Å². The monoisotopic (exact) mass is 279 g/mol. The molecule has 0 amide bonds. The average molecular weight is 279 g/mol. The molecule has 0 unspecified atom stereocenters. The van der Waals surface area contributed by atoms with Crippen LogP contribution in [0.2, 0.25) is 0 Å². The van der Waals surface area contributed by atoms with Gasteiger partial charge in [-0.3, -0.25) is 0 Å². The molecule has 2 N–H and O–H groups in total. The van der Waals surface area contributed by atoms with Crippen molar-refractivity contribution in [2.75, 3.05) is 5.32 Å². The fraction of sp³-hybridized carbons (Fsp3) is 0.278. The first-order valence-electron chi connectivity index (χ1n) is 7.41. The minimum atomic E-state index is 0.0577. The number of anilines is 1. The van der Waals surface area contributed by atoms with E-state index in [1.807, 2.05) is 24.3 Å². The molecule has 0 saturated heterocycles. The zero-order chi connectivity index (χ0) is 14.9. The van der Waals surface area contributed by atoms with Crippen molar-refractivity contribution >= 4 is 16.7 Å². The first-order valence-corrected chi connectivity index (χ1v) is 7.41. The number of aromatic amines is 1. The molecule has 0 aliphatic heterocycles. The summed E-state index contributed by atoms with van der Waals surface area (Å²) in [5, 5.41) is 3.62. The summed E-state index contributed by atoms with van der Waals surface area (Å²) in [5.74, 6) is 0.909. The van der Waals surface area contributed by atoms with E-state index in [1.54, 1.807) is 0 Å². The van der Waals surface area contributed by atoms with Crippen LogP contribution in [-0.2, 0) is 0 Å². The Morgan fingerprint density at radius 2 is 1.76 bits per heavy atom. The molecular weight excluding hydrogens is 258 g/mol. The van der Waals surface area contributed by atoms with E-state index >= 15 is 0 Å². The van der Waals surface area contributed by atoms with Gasteiger partial charge in [-0.1, -0.05) is 31.2 Å². The molecular formula is C18H21N3. The summed E-state index contributed by atoms with van der Waals surface area (Å²) in [6.45, 7) is 6.61. The molecule has 3 nitrogen and oxygen atoms in total. The number of aromatic nitrogens is 2. The summed E-state index contributed by atoms with van der Waals surface area (Å²) in [5.41, 5.74) is 4.34. The molecule has 3 rings (SSSR count). The maximum Gasteiger partial charge on any atom is 0.140 e. The lowest BCUT2D eigenvalue weighted by Gasteiger charge is -2.27. The summed E-state index contributed by atoms with van der Waals surface area (Å²) in [6.07, 6.45) is 1.06. The van der Waals surface area contributed by atoms with Crippen LogP contribution in [0.25, 0.3) is 22.4 Å². The van der Waals surface area contributed by atoms with Gasteiger partial charge in [0.1, 0.15) is 5.82 Å². The van der Waals surface area contributed by atoms with E-state index in [4.69, 9.17) is 4.98 Å². The van der Waals surface area contributed by atoms with Crippen molar-refractivity contribution in [3.05, 3.63) is 48.5 Å². The SMILES string of the molecule is CCC(C)(C)Nc1ccccc1-c1nc2ccccc2[nH]1. The van der Waals surface area contributed by atoms with Crippen LogP contribution in [0.3, 0.4) is 0 Å². The Labute approximate surface area is 125 Å². The minimum absolute atomic E-state index is 0.0577. The number of rotatable bonds is 4. The van der Waals surface area contributed by atoms with E-state index < -0.39 is 0 Å². The molecule has 0 fully saturated rings. The Morgan fingerprint density at radius 1 is 1.05 bits per heavy atom. The van der Waals surface area contributed by atoms with Crippen molar-refractivity contribution in [1.82, 2.24) is 9.97 Å². The first kappa shape index (κ1) is 13.7. The van der Waals surface area contributed by atoms with Crippen molar-refractivity contribution in [2.45, 2.75) is 32.7 Å². The fourth-order valence-electron chi connectivity index (χ4n) is 2.33. The van der Waals surface area contributed by atoms with E-state index in [0.717, 1.165) is 34.5 Å². The molecule has 1 heterocycles. The normalized spacial score (nSPS) is 11.8. The maximum absolute atomic E-state index is 4.70. The predicted octanol–water partition coefficient (Wildman–Crippen LogP) is 4.83. The number of H-pyrrole nitrogens is 1. The van der Waals surface area contributed by atoms with Crippen LogP contribution in [0.1, 0.15) is 27.2 Å². The topological polar surface area (TPSA) is 40.7 Å². The van der Waals surface area contributed by atoms with E-state index in [1.165, 1.54) is 0 Å². The molecule has 0 aliphatic rings. The lowest BCUT2D eigenvalue weighted by molar-refractivity contribution is 0.547. The molecule has 0 atom stereocenters. The number of imidazole rings is 1. The van der Waals surface area contributed by atoms with Crippen molar-refractivity contribution in [3.8, 4) is 11.4 Å². The summed E-state index contributed by atoms with van der Waals surface area (Å²) < 4.78 is 0. The summed E-state index contributed by atoms with van der Waals surface area (Å²) in [6, 6.07) is 16.4. The van der Waals surface area contributed by atoms with Gasteiger partial charge >= 0.3 is 0 Å². The van der Waals surface area contributed by atoms with Crippen LogP contribution in [-0.4, -0.2) is 15.5 Å². The average Bonchev–Trinajstić information content (AvgIpc) is 2.91. The van der Waals surface area contributed by atoms with Gasteiger partial charge in [0.25, 0.3) is 0 Å². The molecule has 3 aromatic rings. The number of hydrogen-bond acceptors (Lipinski definition) is 2. The van der Waals surface area contributed by atoms with Crippen LogP contribution in [0, 0.1) is 0 Å². The molecule has 0 spiro atoms. The number of fused-ring (bicyclic) bond motifs is 1. The number of nitrogens with one attached hydrogen (secondary N) is 2. The summed E-state index contributed by atoms with van der Waals surface area (Å²) in [4.78, 5) is 8.11. The highest BCUT2D eigenvalue weighted by Gasteiger charge is 2.17. The lowest BCUT2D eigenvalue weighted by Crippen LogP contribution is -2.29. The highest BCUT2D eigenvalue weighted by Crippen LogP contribution is 2.30. The lowest BCUT2D eigenvalue weighted by atomic mass is 10.0. The first-order chi connectivity index (χ1) is 10.1. The van der Waals surface area contributed by atoms with E-state index in [0.29, 0.717) is 0 Å². The van der Waals surface area contributed by atoms with Gasteiger partial charge in [-0.05, 0) is 44.5 Å². The molecule has 2 aromatic carbocycles. The van der Waals surface area contributed by atoms with Gasteiger partial charge in [0.15, 0.2) is 0 Å². The fourth-order valence-corrected chi connectivity index (χ4v) is 2.33. The second-order valence-electron chi connectivity index (χ2n) is 6.01. The van der Waals surface area contributed by atoms with Crippen LogP contribution in [0.5, 0.6) is 0 Å². The zero-order valence-electron chi connectivity index (χ0n) is 12.8. The van der Waals surface area contributed by atoms with E-state index in [2.05, 4.69) is 55.3 Å². The molecule has 0 bridgehead atoms. The third-order valence-electron chi connectivity index (χ3n) is 3.93. The van der Waals surface area contributed by atoms with Crippen LogP contribution in [0.15, 0.2) is 48.5 Å². The predicted molar refractivity (Wildman–Crippen MR) is 89.5 cm³/mol. The molecule has 0 radical (unpaired) electrons. The molecule has 108 valence electrons. The number of para-hydroxylation sites is 3. The highest BCUT2D eigenvalue weighted by atomic mass is 15.0. The zero-order valence-corrected chi connectivity index (χ0v) is 12.8. The Kier molecular flexibility index (Phi) is 3.42. The number of hydrogen-bond donors (Lipinski definition) is 2. The second-order valence-corrected chi connectivity index (χ2v) is 6.01. The van der Waals surface area contributed by atoms with Gasteiger partial charge in [-0.2, -0.15) is 0 Å². The molecule has 0 saturated carbocycles. The quantitative estimate of drug-likeness (QED) is 0.718. The van der Waals surface area contributed by atoms with Gasteiger partial charge < -0.3 is 10.3 Å². The maximum atomic E-state index is 4.70. The van der Waals surface area contributed by atoms with Crippen LogP contribution in [0.4, 0.5) is 5.69 Å². The van der Waals surface area contributed by atoms with E-state index in [-0.39, 0.29) is 5.54 Å². The summed E-state index contributed by atoms with van der Waals surface area (Å²) in [7, 11) is 0. The smallest absolute Gasteiger partial charge is 0.140 e. The Bertz CT molecular complexity index is 723. The second kappa shape index (κ2) is 5.24. The van der Waals surface area contributed by atoms with Crippen LogP contribution >= 0.6 is 0 Å². The Balaban J connectivity index is 2.06. The third-order valence-corrected chi connectivity index (χ3v) is 3.93. The van der Waals surface area contributed by atoms with E-state index in [9.17, 15) is 0 Å². The molecule has 3 heteroatoms. The number of nitrogens with zero attached hydrogens (tertiary/aromatic N) is 1. The highest BCUT2D eigenvalue weighted by molar-refractivity contribution is 5.83. The number of benzene rings is 2. The summed E-state index contributed by atoms with van der Waals surface area (Å²) >= 11 is 0. The van der Waals surface area contributed by atoms with Crippen molar-refractivity contribution in [2.24, 2.45) is 0 Å². The van der Waals surface area contributed by atoms with Gasteiger partial charge in [-0.25, -0.2) is 4.98 Å². The molecule has 21 heavy (non-hydrogen) atoms. The Morgan fingerprint density at radius 3 is 2.52 bits per heavy atom. The van der Waals surface area contributed by atoms with Crippen molar-refractivity contribution < 1.29 is 0 Å². The van der Waals surface area contributed by atoms with Gasteiger partial charge in [0.05, 0.1) is 11.0 Å². The van der Waals surface area contributed by atoms with Gasteiger partial charge in [-0.15, -0.1) is 0 Å². The molecule has 0 aliphatic carbocycles. The third kappa shape index (κ3) is 2.77. The standard InChI is InChI=1S/C18H21N3/c1-4-18(2,3)21-14-10-6-5-9-13(14)17-19-15-11-7-8-12-16(15)20-17/h5-12,21H,4H2,1-3H3,(H,19,20). The Hall–Kier alpha value is -2.29.